The molecule has 2 rings (SSSR count). The molecule has 0 radical (unpaired) electrons. The summed E-state index contributed by atoms with van der Waals surface area (Å²) in [5, 5.41) is 3.53. The normalized spacial score (nSPS) is 17.7. The summed E-state index contributed by atoms with van der Waals surface area (Å²) in [6, 6.07) is 6.32. The third kappa shape index (κ3) is 3.39. The van der Waals surface area contributed by atoms with Crippen LogP contribution in [0.25, 0.3) is 0 Å². The van der Waals surface area contributed by atoms with Crippen LogP contribution >= 0.6 is 0 Å². The second kappa shape index (κ2) is 6.10. The van der Waals surface area contributed by atoms with Gasteiger partial charge in [0.15, 0.2) is 0 Å². The molecular formula is C15H24N2O. The molecule has 0 aromatic heterocycles. The first kappa shape index (κ1) is 13.2. The molecule has 1 aliphatic rings. The van der Waals surface area contributed by atoms with Crippen LogP contribution in [0.4, 0.5) is 5.69 Å². The average Bonchev–Trinajstić information content (AvgIpc) is 2.39. The number of hydrogen-bond acceptors (Lipinski definition) is 3. The van der Waals surface area contributed by atoms with E-state index in [1.807, 2.05) is 0 Å². The Morgan fingerprint density at radius 3 is 2.72 bits per heavy atom. The molecule has 0 amide bonds. The molecule has 1 heterocycles. The lowest BCUT2D eigenvalue weighted by atomic mass is 9.97. The highest BCUT2D eigenvalue weighted by Crippen LogP contribution is 2.26. The largest absolute Gasteiger partial charge is 0.495 e. The topological polar surface area (TPSA) is 24.5 Å². The Balaban J connectivity index is 1.90. The van der Waals surface area contributed by atoms with Gasteiger partial charge in [-0.1, -0.05) is 6.07 Å². The summed E-state index contributed by atoms with van der Waals surface area (Å²) >= 11 is 0. The third-order valence-electron chi connectivity index (χ3n) is 3.78. The van der Waals surface area contributed by atoms with Gasteiger partial charge in [-0.25, -0.2) is 0 Å². The van der Waals surface area contributed by atoms with Gasteiger partial charge in [0.25, 0.3) is 0 Å². The molecule has 0 aliphatic carbocycles. The summed E-state index contributed by atoms with van der Waals surface area (Å²) in [6.07, 6.45) is 2.58. The number of rotatable bonds is 4. The van der Waals surface area contributed by atoms with Gasteiger partial charge in [0.2, 0.25) is 0 Å². The van der Waals surface area contributed by atoms with E-state index in [0.717, 1.165) is 23.9 Å². The molecule has 3 nitrogen and oxygen atoms in total. The van der Waals surface area contributed by atoms with Gasteiger partial charge in [-0.05, 0) is 63.5 Å². The van der Waals surface area contributed by atoms with Crippen LogP contribution in [0, 0.1) is 12.8 Å². The predicted octanol–water partition coefficient (Wildman–Crippen LogP) is 2.76. The van der Waals surface area contributed by atoms with Crippen molar-refractivity contribution in [2.24, 2.45) is 5.92 Å². The third-order valence-corrected chi connectivity index (χ3v) is 3.78. The highest BCUT2D eigenvalue weighted by atomic mass is 16.5. The molecular weight excluding hydrogens is 224 g/mol. The maximum atomic E-state index is 5.41. The zero-order valence-electron chi connectivity index (χ0n) is 11.7. The fraction of sp³-hybridized carbons (Fsp3) is 0.600. The van der Waals surface area contributed by atoms with Gasteiger partial charge in [-0.2, -0.15) is 0 Å². The van der Waals surface area contributed by atoms with Crippen molar-refractivity contribution < 1.29 is 4.74 Å². The number of ether oxygens (including phenoxy) is 1. The Labute approximate surface area is 110 Å². The number of nitrogens with zero attached hydrogens (tertiary/aromatic N) is 1. The molecule has 1 N–H and O–H groups in total. The van der Waals surface area contributed by atoms with Crippen LogP contribution in [-0.4, -0.2) is 38.7 Å². The zero-order valence-corrected chi connectivity index (χ0v) is 11.7. The van der Waals surface area contributed by atoms with Crippen LogP contribution in [-0.2, 0) is 0 Å². The first-order valence-corrected chi connectivity index (χ1v) is 6.76. The summed E-state index contributed by atoms with van der Waals surface area (Å²) in [4.78, 5) is 2.41. The summed E-state index contributed by atoms with van der Waals surface area (Å²) in [5.74, 6) is 1.73. The van der Waals surface area contributed by atoms with E-state index < -0.39 is 0 Å². The van der Waals surface area contributed by atoms with Crippen LogP contribution in [0.2, 0.25) is 0 Å². The van der Waals surface area contributed by atoms with E-state index in [9.17, 15) is 0 Å². The van der Waals surface area contributed by atoms with Crippen LogP contribution in [0.3, 0.4) is 0 Å². The first-order valence-electron chi connectivity index (χ1n) is 6.76. The molecule has 0 bridgehead atoms. The number of benzene rings is 1. The minimum absolute atomic E-state index is 0.784. The monoisotopic (exact) mass is 248 g/mol. The van der Waals surface area contributed by atoms with Crippen molar-refractivity contribution in [3.63, 3.8) is 0 Å². The lowest BCUT2D eigenvalue weighted by Gasteiger charge is -2.29. The lowest BCUT2D eigenvalue weighted by molar-refractivity contribution is 0.226. The number of nitrogens with one attached hydrogen (secondary N) is 1. The highest BCUT2D eigenvalue weighted by Gasteiger charge is 2.16. The molecule has 1 aliphatic heterocycles. The molecule has 1 fully saturated rings. The van der Waals surface area contributed by atoms with Gasteiger partial charge >= 0.3 is 0 Å². The Kier molecular flexibility index (Phi) is 4.48. The van der Waals surface area contributed by atoms with E-state index in [1.54, 1.807) is 7.11 Å². The molecule has 18 heavy (non-hydrogen) atoms. The summed E-state index contributed by atoms with van der Waals surface area (Å²) < 4.78 is 5.41. The summed E-state index contributed by atoms with van der Waals surface area (Å²) in [7, 11) is 3.93. The van der Waals surface area contributed by atoms with Gasteiger partial charge < -0.3 is 15.0 Å². The number of hydrogen-bond donors (Lipinski definition) is 1. The molecule has 1 aromatic rings. The maximum Gasteiger partial charge on any atom is 0.142 e. The van der Waals surface area contributed by atoms with Crippen molar-refractivity contribution >= 4 is 5.69 Å². The molecule has 3 heteroatoms. The SMILES string of the molecule is COc1cc(C)ccc1NCC1CCN(C)CC1. The number of methoxy groups -OCH3 is 1. The molecule has 0 atom stereocenters. The summed E-state index contributed by atoms with van der Waals surface area (Å²) in [5.41, 5.74) is 2.35. The number of anilines is 1. The van der Waals surface area contributed by atoms with Gasteiger partial charge in [0.05, 0.1) is 12.8 Å². The van der Waals surface area contributed by atoms with Gasteiger partial charge in [0.1, 0.15) is 5.75 Å². The first-order chi connectivity index (χ1) is 8.69. The van der Waals surface area contributed by atoms with Crippen molar-refractivity contribution in [3.05, 3.63) is 23.8 Å². The standard InChI is InChI=1S/C15H24N2O/c1-12-4-5-14(15(10-12)18-3)16-11-13-6-8-17(2)9-7-13/h4-5,10,13,16H,6-9,11H2,1-3H3. The Morgan fingerprint density at radius 1 is 1.33 bits per heavy atom. The van der Waals surface area contributed by atoms with Crippen LogP contribution in [0.5, 0.6) is 5.75 Å². The maximum absolute atomic E-state index is 5.41. The second-order valence-corrected chi connectivity index (χ2v) is 5.33. The minimum atomic E-state index is 0.784. The smallest absolute Gasteiger partial charge is 0.142 e. The Morgan fingerprint density at radius 2 is 2.06 bits per heavy atom. The van der Waals surface area contributed by atoms with Crippen molar-refractivity contribution in [2.45, 2.75) is 19.8 Å². The molecule has 1 aromatic carbocycles. The molecule has 1 saturated heterocycles. The van der Waals surface area contributed by atoms with Gasteiger partial charge in [-0.3, -0.25) is 0 Å². The highest BCUT2D eigenvalue weighted by molar-refractivity contribution is 5.57. The van der Waals surface area contributed by atoms with E-state index >= 15 is 0 Å². The Hall–Kier alpha value is -1.22. The second-order valence-electron chi connectivity index (χ2n) is 5.33. The number of aryl methyl sites for hydroxylation is 1. The van der Waals surface area contributed by atoms with E-state index in [4.69, 9.17) is 4.74 Å². The van der Waals surface area contributed by atoms with E-state index in [-0.39, 0.29) is 0 Å². The van der Waals surface area contributed by atoms with Crippen molar-refractivity contribution in [3.8, 4) is 5.75 Å². The van der Waals surface area contributed by atoms with Crippen molar-refractivity contribution in [1.29, 1.82) is 0 Å². The average molecular weight is 248 g/mol. The zero-order chi connectivity index (χ0) is 13.0. The van der Waals surface area contributed by atoms with E-state index in [2.05, 4.69) is 42.4 Å². The fourth-order valence-corrected chi connectivity index (χ4v) is 2.46. The van der Waals surface area contributed by atoms with Gasteiger partial charge in [-0.15, -0.1) is 0 Å². The number of likely N-dealkylation sites (tertiary alicyclic amines) is 1. The fourth-order valence-electron chi connectivity index (χ4n) is 2.46. The van der Waals surface area contributed by atoms with Crippen LogP contribution in [0.15, 0.2) is 18.2 Å². The predicted molar refractivity (Wildman–Crippen MR) is 76.4 cm³/mol. The minimum Gasteiger partial charge on any atom is -0.495 e. The molecule has 0 spiro atoms. The van der Waals surface area contributed by atoms with Gasteiger partial charge in [0, 0.05) is 6.54 Å². The molecule has 100 valence electrons. The molecule has 0 saturated carbocycles. The van der Waals surface area contributed by atoms with Crippen LogP contribution in [0.1, 0.15) is 18.4 Å². The van der Waals surface area contributed by atoms with Crippen LogP contribution < -0.4 is 10.1 Å². The molecule has 0 unspecified atom stereocenters. The van der Waals surface area contributed by atoms with Crippen molar-refractivity contribution in [2.75, 3.05) is 39.1 Å². The van der Waals surface area contributed by atoms with E-state index in [0.29, 0.717) is 0 Å². The van der Waals surface area contributed by atoms with Crippen molar-refractivity contribution in [1.82, 2.24) is 4.90 Å². The summed E-state index contributed by atoms with van der Waals surface area (Å²) in [6.45, 7) is 5.57. The lowest BCUT2D eigenvalue weighted by Crippen LogP contribution is -2.32. The Bertz CT molecular complexity index is 384. The quantitative estimate of drug-likeness (QED) is 0.886. The van der Waals surface area contributed by atoms with E-state index in [1.165, 1.54) is 31.5 Å². The number of piperidine rings is 1.